The van der Waals surface area contributed by atoms with E-state index < -0.39 is 11.7 Å². The van der Waals surface area contributed by atoms with E-state index in [0.717, 1.165) is 17.7 Å². The van der Waals surface area contributed by atoms with E-state index in [0.29, 0.717) is 12.6 Å². The number of halogens is 5. The maximum Gasteiger partial charge on any atom is 0.416 e. The number of aromatic nitrogens is 1. The largest absolute Gasteiger partial charge is 0.432 e. The minimum atomic E-state index is -4.30. The van der Waals surface area contributed by atoms with Crippen LogP contribution in [0.2, 0.25) is 0 Å². The molecule has 0 spiro atoms. The molecule has 0 aliphatic heterocycles. The molecular weight excluding hydrogens is 304 g/mol. The summed E-state index contributed by atoms with van der Waals surface area (Å²) in [5.41, 5.74) is 0.0635. The van der Waals surface area contributed by atoms with Gasteiger partial charge >= 0.3 is 6.18 Å². The topological polar surface area (TPSA) is 38.1 Å². The molecule has 19 heavy (non-hydrogen) atoms. The van der Waals surface area contributed by atoms with Crippen molar-refractivity contribution in [3.63, 3.8) is 0 Å². The number of hydrogen-bond donors (Lipinski definition) is 1. The van der Waals surface area contributed by atoms with Gasteiger partial charge in [0.05, 0.1) is 11.8 Å². The zero-order valence-electron chi connectivity index (χ0n) is 9.48. The summed E-state index contributed by atoms with van der Waals surface area (Å²) in [4.78, 5) is 3.83. The van der Waals surface area contributed by atoms with Crippen LogP contribution in [0.1, 0.15) is 11.1 Å². The number of nitrogens with zero attached hydrogens (tertiary/aromatic N) is 1. The van der Waals surface area contributed by atoms with Crippen molar-refractivity contribution in [1.29, 1.82) is 0 Å². The summed E-state index contributed by atoms with van der Waals surface area (Å²) in [6.07, 6.45) is -1.40. The highest BCUT2D eigenvalue weighted by Crippen LogP contribution is 2.29. The number of alkyl halides is 3. The van der Waals surface area contributed by atoms with Gasteiger partial charge in [0.15, 0.2) is 0 Å². The van der Waals surface area contributed by atoms with Gasteiger partial charge in [-0.05, 0) is 17.7 Å². The second-order valence-corrected chi connectivity index (χ2v) is 3.39. The maximum atomic E-state index is 12.3. The maximum absolute atomic E-state index is 12.3. The Hall–Kier alpha value is -1.40. The van der Waals surface area contributed by atoms with Gasteiger partial charge in [0.25, 0.3) is 6.01 Å². The number of rotatable bonds is 3. The Balaban J connectivity index is 0.00000162. The van der Waals surface area contributed by atoms with E-state index in [4.69, 9.17) is 4.42 Å². The predicted molar refractivity (Wildman–Crippen MR) is 69.8 cm³/mol. The Bertz CT molecular complexity index is 472. The van der Waals surface area contributed by atoms with E-state index in [9.17, 15) is 13.2 Å². The molecule has 0 aliphatic carbocycles. The van der Waals surface area contributed by atoms with Crippen molar-refractivity contribution in [3.05, 3.63) is 47.9 Å². The summed E-state index contributed by atoms with van der Waals surface area (Å²) in [5.74, 6) is 0. The minimum absolute atomic E-state index is 0. The van der Waals surface area contributed by atoms with Gasteiger partial charge in [0.1, 0.15) is 6.26 Å². The summed E-state index contributed by atoms with van der Waals surface area (Å²) in [6, 6.07) is 5.27. The Morgan fingerprint density at radius 2 is 1.74 bits per heavy atom. The van der Waals surface area contributed by atoms with E-state index in [1.807, 2.05) is 0 Å². The van der Waals surface area contributed by atoms with Crippen LogP contribution in [0, 0.1) is 0 Å². The average Bonchev–Trinajstić information content (AvgIpc) is 2.78. The van der Waals surface area contributed by atoms with Crippen molar-refractivity contribution in [1.82, 2.24) is 4.98 Å². The number of nitrogens with one attached hydrogen (secondary N) is 1. The van der Waals surface area contributed by atoms with Crippen molar-refractivity contribution < 1.29 is 17.6 Å². The van der Waals surface area contributed by atoms with Crippen LogP contribution in [0.3, 0.4) is 0 Å². The Kier molecular flexibility index (Phi) is 6.72. The third kappa shape index (κ3) is 5.00. The first-order chi connectivity index (χ1) is 8.05. The molecule has 0 saturated carbocycles. The van der Waals surface area contributed by atoms with E-state index in [1.165, 1.54) is 24.6 Å². The molecule has 0 unspecified atom stereocenters. The quantitative estimate of drug-likeness (QED) is 0.925. The molecule has 0 bridgehead atoms. The van der Waals surface area contributed by atoms with Gasteiger partial charge in [-0.1, -0.05) is 12.1 Å². The van der Waals surface area contributed by atoms with Gasteiger partial charge in [0.2, 0.25) is 0 Å². The first-order valence-corrected chi connectivity index (χ1v) is 4.85. The van der Waals surface area contributed by atoms with Gasteiger partial charge in [-0.3, -0.25) is 0 Å². The fraction of sp³-hybridized carbons (Fsp3) is 0.182. The molecule has 2 aromatic rings. The van der Waals surface area contributed by atoms with Gasteiger partial charge in [-0.15, -0.1) is 24.8 Å². The lowest BCUT2D eigenvalue weighted by atomic mass is 10.1. The highest BCUT2D eigenvalue weighted by atomic mass is 35.5. The van der Waals surface area contributed by atoms with Gasteiger partial charge in [0, 0.05) is 6.54 Å². The standard InChI is InChI=1S/C11H9F3N2O.2ClH/c12-11(13,14)9-3-1-8(2-4-9)7-16-10-15-5-6-17-10;;/h1-6H,7H2,(H,15,16);2*1H. The lowest BCUT2D eigenvalue weighted by molar-refractivity contribution is -0.137. The molecule has 3 nitrogen and oxygen atoms in total. The van der Waals surface area contributed by atoms with Crippen LogP contribution in [0.5, 0.6) is 0 Å². The van der Waals surface area contributed by atoms with Crippen LogP contribution < -0.4 is 5.32 Å². The van der Waals surface area contributed by atoms with E-state index in [-0.39, 0.29) is 24.8 Å². The first-order valence-electron chi connectivity index (χ1n) is 4.85. The van der Waals surface area contributed by atoms with Crippen molar-refractivity contribution in [2.75, 3.05) is 5.32 Å². The van der Waals surface area contributed by atoms with E-state index >= 15 is 0 Å². The summed E-state index contributed by atoms with van der Waals surface area (Å²) in [7, 11) is 0. The number of benzene rings is 1. The molecular formula is C11H11Cl2F3N2O. The molecule has 0 atom stereocenters. The smallest absolute Gasteiger partial charge is 0.416 e. The van der Waals surface area contributed by atoms with Crippen LogP contribution in [0.25, 0.3) is 0 Å². The molecule has 0 fully saturated rings. The summed E-state index contributed by atoms with van der Waals surface area (Å²) in [5, 5.41) is 2.84. The average molecular weight is 315 g/mol. The molecule has 1 aromatic carbocycles. The second-order valence-electron chi connectivity index (χ2n) is 3.39. The van der Waals surface area contributed by atoms with Crippen LogP contribution in [0.4, 0.5) is 19.2 Å². The van der Waals surface area contributed by atoms with Gasteiger partial charge in [-0.25, -0.2) is 4.98 Å². The molecule has 0 saturated heterocycles. The number of hydrogen-bond acceptors (Lipinski definition) is 3. The molecule has 0 radical (unpaired) electrons. The molecule has 1 aromatic heterocycles. The molecule has 106 valence electrons. The summed E-state index contributed by atoms with van der Waals surface area (Å²) < 4.78 is 41.8. The van der Waals surface area contributed by atoms with E-state index in [2.05, 4.69) is 10.3 Å². The van der Waals surface area contributed by atoms with Crippen molar-refractivity contribution in [3.8, 4) is 0 Å². The Morgan fingerprint density at radius 1 is 1.11 bits per heavy atom. The van der Waals surface area contributed by atoms with Crippen molar-refractivity contribution in [2.45, 2.75) is 12.7 Å². The normalized spacial score (nSPS) is 10.3. The molecule has 0 amide bonds. The van der Waals surface area contributed by atoms with Crippen LogP contribution in [-0.4, -0.2) is 4.98 Å². The monoisotopic (exact) mass is 314 g/mol. The molecule has 0 aliphatic rings. The van der Waals surface area contributed by atoms with E-state index in [1.54, 1.807) is 0 Å². The highest BCUT2D eigenvalue weighted by Gasteiger charge is 2.29. The fourth-order valence-electron chi connectivity index (χ4n) is 1.30. The van der Waals surface area contributed by atoms with Gasteiger partial charge in [-0.2, -0.15) is 13.2 Å². The SMILES string of the molecule is Cl.Cl.FC(F)(F)c1ccc(CNc2ncco2)cc1. The third-order valence-corrected chi connectivity index (χ3v) is 2.16. The van der Waals surface area contributed by atoms with Gasteiger partial charge < -0.3 is 9.73 Å². The second kappa shape index (κ2) is 7.25. The lowest BCUT2D eigenvalue weighted by Gasteiger charge is -2.07. The molecule has 2 rings (SSSR count). The van der Waals surface area contributed by atoms with Crippen molar-refractivity contribution >= 4 is 30.8 Å². The predicted octanol–water partition coefficient (Wildman–Crippen LogP) is 4.15. The molecule has 1 heterocycles. The third-order valence-electron chi connectivity index (χ3n) is 2.16. The summed E-state index contributed by atoms with van der Waals surface area (Å²) in [6.45, 7) is 0.360. The van der Waals surface area contributed by atoms with Crippen molar-refractivity contribution in [2.24, 2.45) is 0 Å². The number of oxazole rings is 1. The lowest BCUT2D eigenvalue weighted by Crippen LogP contribution is -2.05. The number of anilines is 1. The zero-order chi connectivity index (χ0) is 12.3. The van der Waals surface area contributed by atoms with Crippen LogP contribution >= 0.6 is 24.8 Å². The molecule has 1 N–H and O–H groups in total. The minimum Gasteiger partial charge on any atom is -0.432 e. The first kappa shape index (κ1) is 17.6. The fourth-order valence-corrected chi connectivity index (χ4v) is 1.30. The van der Waals surface area contributed by atoms with Crippen LogP contribution in [0.15, 0.2) is 41.1 Å². The highest BCUT2D eigenvalue weighted by molar-refractivity contribution is 5.85. The molecule has 8 heteroatoms. The summed E-state index contributed by atoms with van der Waals surface area (Å²) >= 11 is 0. The zero-order valence-corrected chi connectivity index (χ0v) is 11.1. The Labute approximate surface area is 120 Å². The Morgan fingerprint density at radius 3 is 2.21 bits per heavy atom. The van der Waals surface area contributed by atoms with Crippen LogP contribution in [-0.2, 0) is 12.7 Å².